The molecule has 2 N–H and O–H groups in total. The highest BCUT2D eigenvalue weighted by Gasteiger charge is 2.17. The molecule has 0 aromatic heterocycles. The van der Waals surface area contributed by atoms with Crippen molar-refractivity contribution >= 4 is 6.09 Å². The van der Waals surface area contributed by atoms with E-state index in [2.05, 4.69) is 10.1 Å². The Balaban J connectivity index is 3.65. The SMILES string of the molecule is CC(C)(C#N)CNC(=O)OCCO. The summed E-state index contributed by atoms with van der Waals surface area (Å²) in [5, 5.41) is 19.3. The van der Waals surface area contributed by atoms with Crippen molar-refractivity contribution in [2.24, 2.45) is 5.41 Å². The lowest BCUT2D eigenvalue weighted by atomic mass is 9.96. The van der Waals surface area contributed by atoms with Crippen molar-refractivity contribution in [3.8, 4) is 6.07 Å². The first-order valence-corrected chi connectivity index (χ1v) is 3.94. The molecular formula is C8H14N2O3. The van der Waals surface area contributed by atoms with Crippen molar-refractivity contribution in [3.05, 3.63) is 0 Å². The largest absolute Gasteiger partial charge is 0.447 e. The minimum absolute atomic E-state index is 0.0290. The van der Waals surface area contributed by atoms with Crippen LogP contribution in [0.25, 0.3) is 0 Å². The highest BCUT2D eigenvalue weighted by Crippen LogP contribution is 2.10. The van der Waals surface area contributed by atoms with E-state index in [0.29, 0.717) is 0 Å². The van der Waals surface area contributed by atoms with Crippen molar-refractivity contribution < 1.29 is 14.6 Å². The standard InChI is InChI=1S/C8H14N2O3/c1-8(2,5-9)6-10-7(12)13-4-3-11/h11H,3-4,6H2,1-2H3,(H,10,12). The van der Waals surface area contributed by atoms with Gasteiger partial charge < -0.3 is 15.2 Å². The number of hydrogen-bond acceptors (Lipinski definition) is 4. The molecule has 1 amide bonds. The number of rotatable bonds is 4. The van der Waals surface area contributed by atoms with Gasteiger partial charge in [-0.2, -0.15) is 5.26 Å². The van der Waals surface area contributed by atoms with Gasteiger partial charge in [0, 0.05) is 6.54 Å². The number of carbonyl (C=O) groups excluding carboxylic acids is 1. The third-order valence-electron chi connectivity index (χ3n) is 1.30. The molecule has 0 radical (unpaired) electrons. The summed E-state index contributed by atoms with van der Waals surface area (Å²) in [5.74, 6) is 0. The summed E-state index contributed by atoms with van der Waals surface area (Å²) in [6, 6.07) is 2.03. The fourth-order valence-corrected chi connectivity index (χ4v) is 0.522. The third-order valence-corrected chi connectivity index (χ3v) is 1.30. The van der Waals surface area contributed by atoms with Crippen molar-refractivity contribution in [1.29, 1.82) is 5.26 Å². The topological polar surface area (TPSA) is 82.4 Å². The molecule has 5 nitrogen and oxygen atoms in total. The Bertz CT molecular complexity index is 208. The summed E-state index contributed by atoms with van der Waals surface area (Å²) in [6.45, 7) is 3.42. The minimum atomic E-state index is -0.614. The number of aliphatic hydroxyl groups is 1. The molecule has 0 saturated carbocycles. The molecule has 5 heteroatoms. The molecule has 0 rings (SSSR count). The van der Waals surface area contributed by atoms with Crippen molar-refractivity contribution in [3.63, 3.8) is 0 Å². The lowest BCUT2D eigenvalue weighted by Crippen LogP contribution is -2.33. The average molecular weight is 186 g/mol. The first kappa shape index (κ1) is 11.7. The van der Waals surface area contributed by atoms with Gasteiger partial charge >= 0.3 is 6.09 Å². The summed E-state index contributed by atoms with van der Waals surface area (Å²) in [5.41, 5.74) is -0.599. The predicted molar refractivity (Wildman–Crippen MR) is 45.8 cm³/mol. The second kappa shape index (κ2) is 5.38. The Morgan fingerprint density at radius 1 is 1.69 bits per heavy atom. The molecule has 0 atom stereocenters. The first-order chi connectivity index (χ1) is 6.02. The normalized spacial score (nSPS) is 10.3. The first-order valence-electron chi connectivity index (χ1n) is 3.94. The van der Waals surface area contributed by atoms with Crippen LogP contribution >= 0.6 is 0 Å². The van der Waals surface area contributed by atoms with Gasteiger partial charge in [0.1, 0.15) is 6.61 Å². The van der Waals surface area contributed by atoms with Crippen LogP contribution in [0, 0.1) is 16.7 Å². The number of amides is 1. The number of nitrogens with zero attached hydrogens (tertiary/aromatic N) is 1. The maximum atomic E-state index is 10.8. The van der Waals surface area contributed by atoms with Gasteiger partial charge in [0.2, 0.25) is 0 Å². The Morgan fingerprint density at radius 2 is 2.31 bits per heavy atom. The maximum Gasteiger partial charge on any atom is 0.407 e. The van der Waals surface area contributed by atoms with E-state index in [1.165, 1.54) is 0 Å². The van der Waals surface area contributed by atoms with Crippen LogP contribution in [0.4, 0.5) is 4.79 Å². The van der Waals surface area contributed by atoms with E-state index in [0.717, 1.165) is 0 Å². The molecule has 13 heavy (non-hydrogen) atoms. The fourth-order valence-electron chi connectivity index (χ4n) is 0.522. The Labute approximate surface area is 77.3 Å². The van der Waals surface area contributed by atoms with Gasteiger partial charge in [-0.1, -0.05) is 0 Å². The van der Waals surface area contributed by atoms with Crippen molar-refractivity contribution in [2.45, 2.75) is 13.8 Å². The van der Waals surface area contributed by atoms with Crippen LogP contribution in [-0.2, 0) is 4.74 Å². The van der Waals surface area contributed by atoms with E-state index >= 15 is 0 Å². The third kappa shape index (κ3) is 5.93. The molecule has 0 saturated heterocycles. The zero-order valence-corrected chi connectivity index (χ0v) is 7.83. The molecule has 0 aliphatic heterocycles. The van der Waals surface area contributed by atoms with Gasteiger partial charge in [0.05, 0.1) is 18.1 Å². The number of carbonyl (C=O) groups is 1. The van der Waals surface area contributed by atoms with Crippen LogP contribution in [0.5, 0.6) is 0 Å². The fraction of sp³-hybridized carbons (Fsp3) is 0.750. The molecule has 0 aromatic rings. The summed E-state index contributed by atoms with van der Waals surface area (Å²) in [7, 11) is 0. The molecule has 0 spiro atoms. The Kier molecular flexibility index (Phi) is 4.85. The van der Waals surface area contributed by atoms with Gasteiger partial charge in [0.25, 0.3) is 0 Å². The number of nitrogens with one attached hydrogen (secondary N) is 1. The van der Waals surface area contributed by atoms with Crippen LogP contribution in [-0.4, -0.2) is 31.0 Å². The molecule has 74 valence electrons. The number of aliphatic hydroxyl groups excluding tert-OH is 1. The molecule has 0 fully saturated rings. The Hall–Kier alpha value is -1.28. The number of hydrogen-bond donors (Lipinski definition) is 2. The van der Waals surface area contributed by atoms with Crippen LogP contribution in [0.3, 0.4) is 0 Å². The van der Waals surface area contributed by atoms with Gasteiger partial charge in [-0.3, -0.25) is 0 Å². The van der Waals surface area contributed by atoms with E-state index in [1.54, 1.807) is 13.8 Å². The molecule has 0 aliphatic rings. The molecule has 0 aromatic carbocycles. The van der Waals surface area contributed by atoms with E-state index in [-0.39, 0.29) is 19.8 Å². The lowest BCUT2D eigenvalue weighted by molar-refractivity contribution is 0.117. The second-order valence-corrected chi connectivity index (χ2v) is 3.21. The van der Waals surface area contributed by atoms with E-state index in [9.17, 15) is 4.79 Å². The molecular weight excluding hydrogens is 172 g/mol. The summed E-state index contributed by atoms with van der Waals surface area (Å²) in [4.78, 5) is 10.8. The van der Waals surface area contributed by atoms with Crippen LogP contribution in [0.1, 0.15) is 13.8 Å². The van der Waals surface area contributed by atoms with Gasteiger partial charge in [0.15, 0.2) is 0 Å². The Morgan fingerprint density at radius 3 is 2.77 bits per heavy atom. The van der Waals surface area contributed by atoms with Crippen LogP contribution in [0.2, 0.25) is 0 Å². The zero-order valence-electron chi connectivity index (χ0n) is 7.83. The van der Waals surface area contributed by atoms with Crippen molar-refractivity contribution in [2.75, 3.05) is 19.8 Å². The van der Waals surface area contributed by atoms with E-state index < -0.39 is 11.5 Å². The van der Waals surface area contributed by atoms with Gasteiger partial charge in [-0.25, -0.2) is 4.79 Å². The quantitative estimate of drug-likeness (QED) is 0.659. The maximum absolute atomic E-state index is 10.8. The summed E-state index contributed by atoms with van der Waals surface area (Å²) < 4.78 is 4.52. The minimum Gasteiger partial charge on any atom is -0.447 e. The van der Waals surface area contributed by atoms with Crippen molar-refractivity contribution in [1.82, 2.24) is 5.32 Å². The highest BCUT2D eigenvalue weighted by molar-refractivity contribution is 5.67. The number of ether oxygens (including phenoxy) is 1. The molecule has 0 unspecified atom stereocenters. The summed E-state index contributed by atoms with van der Waals surface area (Å²) >= 11 is 0. The highest BCUT2D eigenvalue weighted by atomic mass is 16.6. The van der Waals surface area contributed by atoms with Crippen LogP contribution in [0.15, 0.2) is 0 Å². The molecule has 0 bridgehead atoms. The second-order valence-electron chi connectivity index (χ2n) is 3.21. The predicted octanol–water partition coefficient (Wildman–Crippen LogP) is 0.255. The average Bonchev–Trinajstić information content (AvgIpc) is 2.11. The number of nitriles is 1. The van der Waals surface area contributed by atoms with E-state index in [1.807, 2.05) is 6.07 Å². The molecule has 0 aliphatic carbocycles. The van der Waals surface area contributed by atoms with Crippen LogP contribution < -0.4 is 5.32 Å². The van der Waals surface area contributed by atoms with Gasteiger partial charge in [-0.05, 0) is 13.8 Å². The molecule has 0 heterocycles. The van der Waals surface area contributed by atoms with E-state index in [4.69, 9.17) is 10.4 Å². The monoisotopic (exact) mass is 186 g/mol. The van der Waals surface area contributed by atoms with Gasteiger partial charge in [-0.15, -0.1) is 0 Å². The smallest absolute Gasteiger partial charge is 0.407 e. The lowest BCUT2D eigenvalue weighted by Gasteiger charge is -2.15. The summed E-state index contributed by atoms with van der Waals surface area (Å²) in [6.07, 6.45) is -0.614. The number of alkyl carbamates (subject to hydrolysis) is 1. The zero-order chi connectivity index (χ0) is 10.3.